The third kappa shape index (κ3) is 2.44. The molecule has 1 atom stereocenters. The Bertz CT molecular complexity index is 595. The minimum atomic E-state index is 0.418. The van der Waals surface area contributed by atoms with E-state index in [-0.39, 0.29) is 0 Å². The molecule has 0 fully saturated rings. The van der Waals surface area contributed by atoms with Crippen molar-refractivity contribution in [2.75, 3.05) is 37.5 Å². The maximum absolute atomic E-state index is 5.73. The van der Waals surface area contributed by atoms with Gasteiger partial charge in [0.15, 0.2) is 0 Å². The van der Waals surface area contributed by atoms with E-state index in [0.29, 0.717) is 5.92 Å². The summed E-state index contributed by atoms with van der Waals surface area (Å²) in [6, 6.07) is 16.7. The lowest BCUT2D eigenvalue weighted by molar-refractivity contribution is 0.334. The first-order valence-corrected chi connectivity index (χ1v) is 6.97. The van der Waals surface area contributed by atoms with Gasteiger partial charge in [0, 0.05) is 32.1 Å². The highest BCUT2D eigenvalue weighted by molar-refractivity contribution is 5.69. The maximum atomic E-state index is 5.73. The van der Waals surface area contributed by atoms with Gasteiger partial charge in [-0.3, -0.25) is 0 Å². The molecule has 1 aliphatic rings. The molecule has 0 aliphatic carbocycles. The van der Waals surface area contributed by atoms with Crippen molar-refractivity contribution in [2.45, 2.75) is 5.92 Å². The summed E-state index contributed by atoms with van der Waals surface area (Å²) in [6.07, 6.45) is 0. The normalized spacial score (nSPS) is 16.4. The van der Waals surface area contributed by atoms with E-state index in [0.717, 1.165) is 18.9 Å². The first-order chi connectivity index (χ1) is 9.75. The molecule has 0 bridgehead atoms. The molecule has 3 rings (SSSR count). The standard InChI is InChI=1S/C17H20N2O/c1-19(2)16-9-5-4-8-15(16)18-11-13-12-20-17-10-6-3-7-14(13)17/h3-10,13,18H,11-12H2,1-2H3. The van der Waals surface area contributed by atoms with Gasteiger partial charge >= 0.3 is 0 Å². The summed E-state index contributed by atoms with van der Waals surface area (Å²) >= 11 is 0. The van der Waals surface area contributed by atoms with Crippen LogP contribution >= 0.6 is 0 Å². The molecule has 2 aromatic rings. The smallest absolute Gasteiger partial charge is 0.122 e. The zero-order valence-electron chi connectivity index (χ0n) is 12.0. The third-order valence-electron chi connectivity index (χ3n) is 3.72. The second-order valence-electron chi connectivity index (χ2n) is 5.34. The van der Waals surface area contributed by atoms with Crippen molar-refractivity contribution in [3.63, 3.8) is 0 Å². The summed E-state index contributed by atoms with van der Waals surface area (Å²) in [5, 5.41) is 3.56. The van der Waals surface area contributed by atoms with Gasteiger partial charge in [-0.2, -0.15) is 0 Å². The Morgan fingerprint density at radius 3 is 2.70 bits per heavy atom. The van der Waals surface area contributed by atoms with Gasteiger partial charge in [0.25, 0.3) is 0 Å². The van der Waals surface area contributed by atoms with Gasteiger partial charge in [0.2, 0.25) is 0 Å². The Hall–Kier alpha value is -2.16. The largest absolute Gasteiger partial charge is 0.493 e. The number of benzene rings is 2. The van der Waals surface area contributed by atoms with E-state index in [4.69, 9.17) is 4.74 Å². The van der Waals surface area contributed by atoms with Crippen LogP contribution in [0.15, 0.2) is 48.5 Å². The molecule has 1 N–H and O–H groups in total. The molecule has 3 nitrogen and oxygen atoms in total. The highest BCUT2D eigenvalue weighted by Gasteiger charge is 2.23. The van der Waals surface area contributed by atoms with E-state index in [2.05, 4.69) is 60.7 Å². The van der Waals surface area contributed by atoms with Gasteiger partial charge < -0.3 is 15.0 Å². The molecule has 0 spiro atoms. The van der Waals surface area contributed by atoms with Crippen LogP contribution < -0.4 is 15.0 Å². The van der Waals surface area contributed by atoms with Crippen LogP contribution in [0.3, 0.4) is 0 Å². The molecule has 2 aromatic carbocycles. The van der Waals surface area contributed by atoms with E-state index in [1.54, 1.807) is 0 Å². The van der Waals surface area contributed by atoms with E-state index in [1.807, 2.05) is 12.1 Å². The van der Waals surface area contributed by atoms with Crippen molar-refractivity contribution in [3.8, 4) is 5.75 Å². The number of hydrogen-bond donors (Lipinski definition) is 1. The third-order valence-corrected chi connectivity index (χ3v) is 3.72. The van der Waals surface area contributed by atoms with Crippen molar-refractivity contribution < 1.29 is 4.74 Å². The second kappa shape index (κ2) is 5.45. The summed E-state index contributed by atoms with van der Waals surface area (Å²) in [7, 11) is 4.13. The molecular formula is C17H20N2O. The minimum Gasteiger partial charge on any atom is -0.493 e. The molecule has 3 heteroatoms. The van der Waals surface area contributed by atoms with Crippen LogP contribution in [0.5, 0.6) is 5.75 Å². The summed E-state index contributed by atoms with van der Waals surface area (Å²) in [6.45, 7) is 1.65. The van der Waals surface area contributed by atoms with Crippen molar-refractivity contribution >= 4 is 11.4 Å². The molecular weight excluding hydrogens is 248 g/mol. The summed E-state index contributed by atoms with van der Waals surface area (Å²) in [5.41, 5.74) is 3.68. The molecule has 1 aliphatic heterocycles. The average molecular weight is 268 g/mol. The van der Waals surface area contributed by atoms with Gasteiger partial charge in [-0.05, 0) is 18.2 Å². The topological polar surface area (TPSA) is 24.5 Å². The highest BCUT2D eigenvalue weighted by Crippen LogP contribution is 2.34. The van der Waals surface area contributed by atoms with Crippen molar-refractivity contribution in [3.05, 3.63) is 54.1 Å². The lowest BCUT2D eigenvalue weighted by Crippen LogP contribution is -2.17. The SMILES string of the molecule is CN(C)c1ccccc1NCC1COc2ccccc21. The Morgan fingerprint density at radius 1 is 1.10 bits per heavy atom. The molecule has 104 valence electrons. The number of hydrogen-bond acceptors (Lipinski definition) is 3. The fourth-order valence-electron chi connectivity index (χ4n) is 2.64. The van der Waals surface area contributed by atoms with Crippen molar-refractivity contribution in [2.24, 2.45) is 0 Å². The quantitative estimate of drug-likeness (QED) is 0.920. The van der Waals surface area contributed by atoms with E-state index in [9.17, 15) is 0 Å². The fraction of sp³-hybridized carbons (Fsp3) is 0.294. The van der Waals surface area contributed by atoms with E-state index < -0.39 is 0 Å². The lowest BCUT2D eigenvalue weighted by atomic mass is 10.0. The highest BCUT2D eigenvalue weighted by atomic mass is 16.5. The number of anilines is 2. The number of nitrogens with zero attached hydrogens (tertiary/aromatic N) is 1. The fourth-order valence-corrected chi connectivity index (χ4v) is 2.64. The first kappa shape index (κ1) is 12.9. The number of para-hydroxylation sites is 3. The van der Waals surface area contributed by atoms with E-state index in [1.165, 1.54) is 16.9 Å². The zero-order valence-corrected chi connectivity index (χ0v) is 12.0. The monoisotopic (exact) mass is 268 g/mol. The number of fused-ring (bicyclic) bond motifs is 1. The number of ether oxygens (including phenoxy) is 1. The predicted molar refractivity (Wildman–Crippen MR) is 83.9 cm³/mol. The van der Waals surface area contributed by atoms with Gasteiger partial charge in [0.1, 0.15) is 5.75 Å². The number of rotatable bonds is 4. The molecule has 0 saturated heterocycles. The molecule has 0 radical (unpaired) electrons. The Balaban J connectivity index is 1.72. The van der Waals surface area contributed by atoms with Crippen LogP contribution in [0.25, 0.3) is 0 Å². The van der Waals surface area contributed by atoms with Crippen molar-refractivity contribution in [1.29, 1.82) is 0 Å². The molecule has 0 saturated carbocycles. The van der Waals surface area contributed by atoms with Crippen LogP contribution in [0.4, 0.5) is 11.4 Å². The Morgan fingerprint density at radius 2 is 1.85 bits per heavy atom. The second-order valence-corrected chi connectivity index (χ2v) is 5.34. The Kier molecular flexibility index (Phi) is 3.50. The van der Waals surface area contributed by atoms with Gasteiger partial charge in [-0.1, -0.05) is 30.3 Å². The zero-order chi connectivity index (χ0) is 13.9. The van der Waals surface area contributed by atoms with Gasteiger partial charge in [-0.15, -0.1) is 0 Å². The Labute approximate surface area is 120 Å². The van der Waals surface area contributed by atoms with E-state index >= 15 is 0 Å². The summed E-state index contributed by atoms with van der Waals surface area (Å²) in [4.78, 5) is 2.13. The van der Waals surface area contributed by atoms with Crippen LogP contribution in [0.1, 0.15) is 11.5 Å². The summed E-state index contributed by atoms with van der Waals surface area (Å²) < 4.78 is 5.73. The van der Waals surface area contributed by atoms with Crippen LogP contribution in [0, 0.1) is 0 Å². The number of nitrogens with one attached hydrogen (secondary N) is 1. The van der Waals surface area contributed by atoms with Crippen LogP contribution in [-0.2, 0) is 0 Å². The predicted octanol–water partition coefficient (Wildman–Crippen LogP) is 3.34. The molecule has 20 heavy (non-hydrogen) atoms. The molecule has 0 amide bonds. The van der Waals surface area contributed by atoms with Crippen LogP contribution in [0.2, 0.25) is 0 Å². The molecule has 0 aromatic heterocycles. The molecule has 1 unspecified atom stereocenters. The lowest BCUT2D eigenvalue weighted by Gasteiger charge is -2.19. The maximum Gasteiger partial charge on any atom is 0.122 e. The first-order valence-electron chi connectivity index (χ1n) is 6.97. The van der Waals surface area contributed by atoms with Gasteiger partial charge in [-0.25, -0.2) is 0 Å². The molecule has 1 heterocycles. The average Bonchev–Trinajstić information content (AvgIpc) is 2.88. The summed E-state index contributed by atoms with van der Waals surface area (Å²) in [5.74, 6) is 1.45. The van der Waals surface area contributed by atoms with Crippen molar-refractivity contribution in [1.82, 2.24) is 0 Å². The van der Waals surface area contributed by atoms with Crippen LogP contribution in [-0.4, -0.2) is 27.2 Å². The van der Waals surface area contributed by atoms with Gasteiger partial charge in [0.05, 0.1) is 18.0 Å². The minimum absolute atomic E-state index is 0.418.